The van der Waals surface area contributed by atoms with Crippen molar-refractivity contribution in [3.63, 3.8) is 0 Å². The summed E-state index contributed by atoms with van der Waals surface area (Å²) in [6, 6.07) is 17.9. The third kappa shape index (κ3) is 3.28. The third-order valence-electron chi connectivity index (χ3n) is 5.38. The minimum absolute atomic E-state index is 0.0645. The molecule has 27 heavy (non-hydrogen) atoms. The van der Waals surface area contributed by atoms with Crippen LogP contribution in [-0.4, -0.2) is 34.1 Å². The molecule has 4 nitrogen and oxygen atoms in total. The fourth-order valence-corrected chi connectivity index (χ4v) is 3.78. The lowest BCUT2D eigenvalue weighted by Crippen LogP contribution is -2.26. The Morgan fingerprint density at radius 3 is 2.52 bits per heavy atom. The number of aromatic nitrogens is 2. The van der Waals surface area contributed by atoms with E-state index in [9.17, 15) is 4.79 Å². The number of rotatable bonds is 6. The van der Waals surface area contributed by atoms with Gasteiger partial charge in [-0.25, -0.2) is 0 Å². The molecule has 0 unspecified atom stereocenters. The smallest absolute Gasteiger partial charge is 0.190 e. The Labute approximate surface area is 159 Å². The van der Waals surface area contributed by atoms with Crippen LogP contribution < -0.4 is 5.43 Å². The van der Waals surface area contributed by atoms with Crippen molar-refractivity contribution in [3.05, 3.63) is 71.0 Å². The van der Waals surface area contributed by atoms with Gasteiger partial charge in [-0.2, -0.15) is 0 Å². The molecule has 2 aromatic heterocycles. The first-order valence-electron chi connectivity index (χ1n) is 9.64. The SMILES string of the molecule is CCN(CC)CCn1ccc2c3c(=O)cc(-c4ccccc4)[nH]c3ccc21. The van der Waals surface area contributed by atoms with Crippen molar-refractivity contribution in [2.24, 2.45) is 0 Å². The zero-order valence-corrected chi connectivity index (χ0v) is 15.9. The first-order valence-corrected chi connectivity index (χ1v) is 9.64. The van der Waals surface area contributed by atoms with Crippen LogP contribution in [0.1, 0.15) is 13.8 Å². The van der Waals surface area contributed by atoms with Gasteiger partial charge in [0.2, 0.25) is 0 Å². The fraction of sp³-hybridized carbons (Fsp3) is 0.261. The number of hydrogen-bond donors (Lipinski definition) is 1. The molecule has 138 valence electrons. The van der Waals surface area contributed by atoms with Gasteiger partial charge in [-0.1, -0.05) is 44.2 Å². The van der Waals surface area contributed by atoms with Gasteiger partial charge in [-0.3, -0.25) is 4.79 Å². The number of aromatic amines is 1. The first-order chi connectivity index (χ1) is 13.2. The molecule has 1 N–H and O–H groups in total. The summed E-state index contributed by atoms with van der Waals surface area (Å²) in [6.07, 6.45) is 2.10. The summed E-state index contributed by atoms with van der Waals surface area (Å²) in [5.41, 5.74) is 3.94. The molecule has 0 spiro atoms. The third-order valence-corrected chi connectivity index (χ3v) is 5.38. The highest BCUT2D eigenvalue weighted by atomic mass is 16.1. The van der Waals surface area contributed by atoms with Gasteiger partial charge in [-0.15, -0.1) is 0 Å². The number of H-pyrrole nitrogens is 1. The maximum absolute atomic E-state index is 12.9. The largest absolute Gasteiger partial charge is 0.354 e. The average molecular weight is 359 g/mol. The minimum atomic E-state index is 0.0645. The lowest BCUT2D eigenvalue weighted by molar-refractivity contribution is 0.292. The molecule has 0 amide bonds. The van der Waals surface area contributed by atoms with E-state index >= 15 is 0 Å². The molecule has 0 radical (unpaired) electrons. The molecule has 0 saturated heterocycles. The number of benzene rings is 2. The Bertz CT molecular complexity index is 1120. The number of fused-ring (bicyclic) bond motifs is 3. The zero-order chi connectivity index (χ0) is 18.8. The fourth-order valence-electron chi connectivity index (χ4n) is 3.78. The molecule has 0 fully saturated rings. The Morgan fingerprint density at radius 1 is 1.00 bits per heavy atom. The highest BCUT2D eigenvalue weighted by Crippen LogP contribution is 2.25. The maximum Gasteiger partial charge on any atom is 0.190 e. The lowest BCUT2D eigenvalue weighted by Gasteiger charge is -2.18. The molecule has 0 aliphatic carbocycles. The number of hydrogen-bond acceptors (Lipinski definition) is 2. The van der Waals surface area contributed by atoms with E-state index in [0.717, 1.165) is 59.2 Å². The molecule has 2 aromatic carbocycles. The van der Waals surface area contributed by atoms with Crippen LogP contribution >= 0.6 is 0 Å². The Kier molecular flexibility index (Phi) is 4.82. The standard InChI is InChI=1S/C23H25N3O/c1-3-25(4-2)14-15-26-13-12-18-21(26)11-10-19-23(18)22(27)16-20(24-19)17-8-6-5-7-9-17/h5-13,16H,3-4,14-15H2,1-2H3,(H,24,27). The molecular formula is C23H25N3O. The summed E-state index contributed by atoms with van der Waals surface area (Å²) in [6.45, 7) is 8.43. The van der Waals surface area contributed by atoms with Gasteiger partial charge in [0.25, 0.3) is 0 Å². The van der Waals surface area contributed by atoms with E-state index in [0.29, 0.717) is 0 Å². The lowest BCUT2D eigenvalue weighted by atomic mass is 10.1. The van der Waals surface area contributed by atoms with Crippen LogP contribution in [0.15, 0.2) is 65.6 Å². The van der Waals surface area contributed by atoms with Gasteiger partial charge in [0.05, 0.1) is 10.9 Å². The van der Waals surface area contributed by atoms with Gasteiger partial charge in [-0.05, 0) is 36.9 Å². The molecule has 2 heterocycles. The Hall–Kier alpha value is -2.85. The minimum Gasteiger partial charge on any atom is -0.354 e. The summed E-state index contributed by atoms with van der Waals surface area (Å²) in [5, 5.41) is 1.79. The predicted molar refractivity (Wildman–Crippen MR) is 113 cm³/mol. The summed E-state index contributed by atoms with van der Waals surface area (Å²) in [7, 11) is 0. The monoisotopic (exact) mass is 359 g/mol. The predicted octanol–water partition coefficient (Wildman–Crippen LogP) is 4.49. The van der Waals surface area contributed by atoms with Crippen molar-refractivity contribution in [3.8, 4) is 11.3 Å². The first kappa shape index (κ1) is 17.6. The van der Waals surface area contributed by atoms with Gasteiger partial charge in [0, 0.05) is 41.9 Å². The van der Waals surface area contributed by atoms with Crippen LogP contribution in [0.3, 0.4) is 0 Å². The van der Waals surface area contributed by atoms with E-state index < -0.39 is 0 Å². The normalized spacial score (nSPS) is 11.7. The van der Waals surface area contributed by atoms with Gasteiger partial charge in [0.1, 0.15) is 0 Å². The van der Waals surface area contributed by atoms with Crippen molar-refractivity contribution in [2.45, 2.75) is 20.4 Å². The van der Waals surface area contributed by atoms with E-state index in [1.807, 2.05) is 36.4 Å². The molecule has 0 saturated carbocycles. The van der Waals surface area contributed by atoms with Crippen LogP contribution in [0, 0.1) is 0 Å². The van der Waals surface area contributed by atoms with Gasteiger partial charge in [0.15, 0.2) is 5.43 Å². The summed E-state index contributed by atoms with van der Waals surface area (Å²) >= 11 is 0. The van der Waals surface area contributed by atoms with E-state index in [1.165, 1.54) is 0 Å². The van der Waals surface area contributed by atoms with Crippen molar-refractivity contribution in [2.75, 3.05) is 19.6 Å². The molecular weight excluding hydrogens is 334 g/mol. The van der Waals surface area contributed by atoms with Crippen LogP contribution in [-0.2, 0) is 6.54 Å². The highest BCUT2D eigenvalue weighted by Gasteiger charge is 2.11. The van der Waals surface area contributed by atoms with Crippen LogP contribution in [0.4, 0.5) is 0 Å². The van der Waals surface area contributed by atoms with E-state index in [-0.39, 0.29) is 5.43 Å². The maximum atomic E-state index is 12.9. The topological polar surface area (TPSA) is 41.0 Å². The van der Waals surface area contributed by atoms with E-state index in [4.69, 9.17) is 0 Å². The quantitative estimate of drug-likeness (QED) is 0.551. The Morgan fingerprint density at radius 2 is 1.78 bits per heavy atom. The molecule has 4 aromatic rings. The second-order valence-corrected chi connectivity index (χ2v) is 6.87. The second-order valence-electron chi connectivity index (χ2n) is 6.87. The molecule has 0 aliphatic rings. The number of pyridine rings is 1. The van der Waals surface area contributed by atoms with Crippen molar-refractivity contribution in [1.82, 2.24) is 14.5 Å². The van der Waals surface area contributed by atoms with Crippen LogP contribution in [0.2, 0.25) is 0 Å². The molecule has 0 bridgehead atoms. The van der Waals surface area contributed by atoms with Gasteiger partial charge >= 0.3 is 0 Å². The summed E-state index contributed by atoms with van der Waals surface area (Å²) in [4.78, 5) is 18.8. The highest BCUT2D eigenvalue weighted by molar-refractivity contribution is 6.05. The van der Waals surface area contributed by atoms with Crippen molar-refractivity contribution in [1.29, 1.82) is 0 Å². The summed E-state index contributed by atoms with van der Waals surface area (Å²) in [5.74, 6) is 0. The summed E-state index contributed by atoms with van der Waals surface area (Å²) < 4.78 is 2.25. The number of nitrogens with one attached hydrogen (secondary N) is 1. The molecule has 4 rings (SSSR count). The number of likely N-dealkylation sites (N-methyl/N-ethyl adjacent to an activating group) is 1. The number of nitrogens with zero attached hydrogens (tertiary/aromatic N) is 2. The second kappa shape index (κ2) is 7.41. The molecule has 4 heteroatoms. The molecule has 0 aliphatic heterocycles. The van der Waals surface area contributed by atoms with E-state index in [1.54, 1.807) is 6.07 Å². The Balaban J connectivity index is 1.77. The zero-order valence-electron chi connectivity index (χ0n) is 15.9. The van der Waals surface area contributed by atoms with Crippen molar-refractivity contribution >= 4 is 21.8 Å². The van der Waals surface area contributed by atoms with Gasteiger partial charge < -0.3 is 14.5 Å². The van der Waals surface area contributed by atoms with Crippen LogP contribution in [0.25, 0.3) is 33.1 Å². The molecule has 0 atom stereocenters. The average Bonchev–Trinajstić information content (AvgIpc) is 3.12. The van der Waals surface area contributed by atoms with E-state index in [2.05, 4.69) is 46.6 Å². The van der Waals surface area contributed by atoms with Crippen molar-refractivity contribution < 1.29 is 0 Å². The van der Waals surface area contributed by atoms with Crippen LogP contribution in [0.5, 0.6) is 0 Å².